The molecule has 1 aromatic carbocycles. The van der Waals surface area contributed by atoms with Gasteiger partial charge in [-0.15, -0.1) is 0 Å². The van der Waals surface area contributed by atoms with Crippen LogP contribution in [0.25, 0.3) is 0 Å². The second-order valence-corrected chi connectivity index (χ2v) is 2.69. The lowest BCUT2D eigenvalue weighted by Gasteiger charge is -2.04. The summed E-state index contributed by atoms with van der Waals surface area (Å²) < 4.78 is 5.03. The van der Waals surface area contributed by atoms with Gasteiger partial charge in [0.15, 0.2) is 0 Å². The monoisotopic (exact) mass is 191 g/mol. The highest BCUT2D eigenvalue weighted by Gasteiger charge is 2.00. The van der Waals surface area contributed by atoms with Gasteiger partial charge in [0, 0.05) is 5.56 Å². The first-order chi connectivity index (χ1) is 6.81. The highest BCUT2D eigenvalue weighted by Crippen LogP contribution is 2.16. The normalized spacial score (nSPS) is 9.07. The topological polar surface area (TPSA) is 55.5 Å². The number of rotatable bonds is 2. The summed E-state index contributed by atoms with van der Waals surface area (Å²) >= 11 is 0. The fraction of sp³-hybridized carbons (Fsp3) is 0.273. The number of benzene rings is 1. The lowest BCUT2D eigenvalue weighted by atomic mass is 10.1. The van der Waals surface area contributed by atoms with Crippen molar-refractivity contribution in [2.24, 2.45) is 5.73 Å². The van der Waals surface area contributed by atoms with Crippen molar-refractivity contribution in [1.29, 1.82) is 0 Å². The molecule has 0 atom stereocenters. The summed E-state index contributed by atoms with van der Waals surface area (Å²) in [5.74, 6) is 6.34. The molecule has 74 valence electrons. The van der Waals surface area contributed by atoms with Crippen LogP contribution in [0.1, 0.15) is 11.1 Å². The predicted molar refractivity (Wildman–Crippen MR) is 54.8 cm³/mol. The molecule has 3 nitrogen and oxygen atoms in total. The van der Waals surface area contributed by atoms with Gasteiger partial charge in [0.2, 0.25) is 0 Å². The SMILES string of the molecule is COc1ccc(C#CCN)c(CO)c1. The molecule has 1 rings (SSSR count). The highest BCUT2D eigenvalue weighted by atomic mass is 16.5. The Balaban J connectivity index is 3.05. The molecule has 0 aliphatic carbocycles. The molecule has 0 aromatic heterocycles. The molecule has 0 unspecified atom stereocenters. The first kappa shape index (κ1) is 10.6. The smallest absolute Gasteiger partial charge is 0.119 e. The van der Waals surface area contributed by atoms with Crippen LogP contribution in [0.15, 0.2) is 18.2 Å². The summed E-state index contributed by atoms with van der Waals surface area (Å²) in [6, 6.07) is 5.38. The van der Waals surface area contributed by atoms with Gasteiger partial charge >= 0.3 is 0 Å². The zero-order valence-corrected chi connectivity index (χ0v) is 8.08. The zero-order valence-electron chi connectivity index (χ0n) is 8.08. The molecule has 0 aliphatic heterocycles. The summed E-state index contributed by atoms with van der Waals surface area (Å²) in [7, 11) is 1.59. The van der Waals surface area contributed by atoms with Crippen molar-refractivity contribution in [2.45, 2.75) is 6.61 Å². The van der Waals surface area contributed by atoms with Gasteiger partial charge in [-0.3, -0.25) is 0 Å². The quantitative estimate of drug-likeness (QED) is 0.669. The fourth-order valence-corrected chi connectivity index (χ4v) is 1.10. The van der Waals surface area contributed by atoms with Gasteiger partial charge in [-0.05, 0) is 23.8 Å². The minimum atomic E-state index is -0.0498. The first-order valence-electron chi connectivity index (χ1n) is 4.28. The van der Waals surface area contributed by atoms with Gasteiger partial charge in [0.05, 0.1) is 20.3 Å². The Morgan fingerprint density at radius 2 is 2.29 bits per heavy atom. The van der Waals surface area contributed by atoms with E-state index in [1.54, 1.807) is 19.2 Å². The third-order valence-electron chi connectivity index (χ3n) is 1.81. The standard InChI is InChI=1S/C11H13NO2/c1-14-11-5-4-9(3-2-6-12)10(7-11)8-13/h4-5,7,13H,6,8,12H2,1H3. The number of aliphatic hydroxyl groups excluding tert-OH is 1. The molecule has 14 heavy (non-hydrogen) atoms. The molecule has 0 saturated carbocycles. The van der Waals surface area contributed by atoms with E-state index in [0.717, 1.165) is 11.1 Å². The summed E-state index contributed by atoms with van der Waals surface area (Å²) in [4.78, 5) is 0. The molecule has 0 bridgehead atoms. The number of hydrogen-bond acceptors (Lipinski definition) is 3. The van der Waals surface area contributed by atoms with Gasteiger partial charge < -0.3 is 15.6 Å². The Bertz CT molecular complexity index is 363. The van der Waals surface area contributed by atoms with Crippen molar-refractivity contribution in [3.63, 3.8) is 0 Å². The molecule has 0 heterocycles. The van der Waals surface area contributed by atoms with Gasteiger partial charge in [-0.2, -0.15) is 0 Å². The molecular weight excluding hydrogens is 178 g/mol. The zero-order chi connectivity index (χ0) is 10.4. The van der Waals surface area contributed by atoms with Crippen LogP contribution in [0.3, 0.4) is 0 Å². The molecule has 0 radical (unpaired) electrons. The molecule has 0 spiro atoms. The Hall–Kier alpha value is -1.50. The van der Waals surface area contributed by atoms with Crippen molar-refractivity contribution < 1.29 is 9.84 Å². The van der Waals surface area contributed by atoms with Gasteiger partial charge in [0.1, 0.15) is 5.75 Å². The molecule has 0 saturated heterocycles. The van der Waals surface area contributed by atoms with E-state index in [4.69, 9.17) is 15.6 Å². The number of hydrogen-bond donors (Lipinski definition) is 2. The third-order valence-corrected chi connectivity index (χ3v) is 1.81. The van der Waals surface area contributed by atoms with Crippen LogP contribution in [-0.2, 0) is 6.61 Å². The Labute approximate surface area is 83.5 Å². The first-order valence-corrected chi connectivity index (χ1v) is 4.28. The van der Waals surface area contributed by atoms with E-state index in [1.165, 1.54) is 0 Å². The van der Waals surface area contributed by atoms with Crippen LogP contribution < -0.4 is 10.5 Å². The number of nitrogens with two attached hydrogens (primary N) is 1. The third kappa shape index (κ3) is 2.49. The van der Waals surface area contributed by atoms with Crippen LogP contribution in [0.2, 0.25) is 0 Å². The molecule has 3 N–H and O–H groups in total. The number of ether oxygens (including phenoxy) is 1. The summed E-state index contributed by atoms with van der Waals surface area (Å²) in [5, 5.41) is 9.08. The maximum Gasteiger partial charge on any atom is 0.119 e. The Morgan fingerprint density at radius 3 is 2.86 bits per heavy atom. The second-order valence-electron chi connectivity index (χ2n) is 2.69. The maximum absolute atomic E-state index is 9.08. The van der Waals surface area contributed by atoms with Crippen molar-refractivity contribution in [1.82, 2.24) is 0 Å². The van der Waals surface area contributed by atoms with E-state index in [2.05, 4.69) is 11.8 Å². The fourth-order valence-electron chi connectivity index (χ4n) is 1.10. The van der Waals surface area contributed by atoms with Crippen molar-refractivity contribution in [2.75, 3.05) is 13.7 Å². The lowest BCUT2D eigenvalue weighted by Crippen LogP contribution is -1.95. The molecule has 3 heteroatoms. The minimum absolute atomic E-state index is 0.0498. The Kier molecular flexibility index (Phi) is 3.99. The van der Waals surface area contributed by atoms with Crippen molar-refractivity contribution >= 4 is 0 Å². The largest absolute Gasteiger partial charge is 0.497 e. The van der Waals surface area contributed by atoms with Crippen molar-refractivity contribution in [3.05, 3.63) is 29.3 Å². The molecular formula is C11H13NO2. The van der Waals surface area contributed by atoms with Gasteiger partial charge in [0.25, 0.3) is 0 Å². The van der Waals surface area contributed by atoms with Gasteiger partial charge in [-0.1, -0.05) is 11.8 Å². The van der Waals surface area contributed by atoms with Gasteiger partial charge in [-0.25, -0.2) is 0 Å². The van der Waals surface area contributed by atoms with Crippen LogP contribution in [0, 0.1) is 11.8 Å². The summed E-state index contributed by atoms with van der Waals surface area (Å²) in [6.45, 7) is 0.267. The van der Waals surface area contributed by atoms with E-state index < -0.39 is 0 Å². The lowest BCUT2D eigenvalue weighted by molar-refractivity contribution is 0.280. The molecule has 0 fully saturated rings. The number of methoxy groups -OCH3 is 1. The van der Waals surface area contributed by atoms with Crippen LogP contribution >= 0.6 is 0 Å². The summed E-state index contributed by atoms with van der Waals surface area (Å²) in [6.07, 6.45) is 0. The summed E-state index contributed by atoms with van der Waals surface area (Å²) in [5.41, 5.74) is 6.81. The van der Waals surface area contributed by atoms with E-state index in [0.29, 0.717) is 12.3 Å². The van der Waals surface area contributed by atoms with Crippen molar-refractivity contribution in [3.8, 4) is 17.6 Å². The van der Waals surface area contributed by atoms with Crippen LogP contribution in [0.5, 0.6) is 5.75 Å². The van der Waals surface area contributed by atoms with Crippen LogP contribution in [-0.4, -0.2) is 18.8 Å². The molecule has 0 amide bonds. The average Bonchev–Trinajstić information content (AvgIpc) is 2.26. The minimum Gasteiger partial charge on any atom is -0.497 e. The predicted octanol–water partition coefficient (Wildman–Crippen LogP) is 0.498. The van der Waals surface area contributed by atoms with E-state index in [9.17, 15) is 0 Å². The van der Waals surface area contributed by atoms with E-state index in [-0.39, 0.29) is 6.61 Å². The number of aliphatic hydroxyl groups is 1. The van der Waals surface area contributed by atoms with E-state index in [1.807, 2.05) is 6.07 Å². The Morgan fingerprint density at radius 1 is 1.50 bits per heavy atom. The maximum atomic E-state index is 9.08. The van der Waals surface area contributed by atoms with Crippen LogP contribution in [0.4, 0.5) is 0 Å². The highest BCUT2D eigenvalue weighted by molar-refractivity contribution is 5.45. The molecule has 0 aliphatic rings. The average molecular weight is 191 g/mol. The molecule has 1 aromatic rings. The van der Waals surface area contributed by atoms with E-state index >= 15 is 0 Å². The second kappa shape index (κ2) is 5.28.